The van der Waals surface area contributed by atoms with E-state index in [1.54, 1.807) is 43.3 Å². The molecule has 0 heterocycles. The van der Waals surface area contributed by atoms with E-state index in [4.69, 9.17) is 10.00 Å². The first kappa shape index (κ1) is 13.6. The molecular weight excluding hydrogens is 252 g/mol. The maximum atomic E-state index is 12.0. The van der Waals surface area contributed by atoms with Gasteiger partial charge in [0.25, 0.3) is 5.91 Å². The number of carbonyl (C=O) groups excluding carboxylic acids is 1. The van der Waals surface area contributed by atoms with E-state index < -0.39 is 6.10 Å². The number of nitriles is 1. The summed E-state index contributed by atoms with van der Waals surface area (Å²) in [5, 5.41) is 11.7. The molecule has 2 aromatic carbocycles. The van der Waals surface area contributed by atoms with Gasteiger partial charge in [-0.2, -0.15) is 5.26 Å². The quantitative estimate of drug-likeness (QED) is 0.925. The first-order chi connectivity index (χ1) is 9.70. The fraction of sp³-hybridized carbons (Fsp3) is 0.125. The molecule has 0 saturated carbocycles. The lowest BCUT2D eigenvalue weighted by Gasteiger charge is -2.15. The molecule has 0 bridgehead atoms. The van der Waals surface area contributed by atoms with Crippen molar-refractivity contribution in [2.75, 3.05) is 5.32 Å². The summed E-state index contributed by atoms with van der Waals surface area (Å²) in [5.41, 5.74) is 0.913. The minimum Gasteiger partial charge on any atom is -0.481 e. The second-order valence-corrected chi connectivity index (χ2v) is 4.22. The number of carbonyl (C=O) groups is 1. The molecule has 2 aromatic rings. The second-order valence-electron chi connectivity index (χ2n) is 4.22. The summed E-state index contributed by atoms with van der Waals surface area (Å²) >= 11 is 0. The van der Waals surface area contributed by atoms with Gasteiger partial charge in [-0.15, -0.1) is 0 Å². The van der Waals surface area contributed by atoms with Crippen LogP contribution >= 0.6 is 0 Å². The van der Waals surface area contributed by atoms with Crippen LogP contribution in [0.3, 0.4) is 0 Å². The summed E-state index contributed by atoms with van der Waals surface area (Å²) < 4.78 is 5.53. The van der Waals surface area contributed by atoms with Gasteiger partial charge < -0.3 is 10.1 Å². The van der Waals surface area contributed by atoms with Crippen molar-refractivity contribution in [3.8, 4) is 11.8 Å². The fourth-order valence-corrected chi connectivity index (χ4v) is 1.68. The molecule has 100 valence electrons. The Morgan fingerprint density at radius 1 is 1.15 bits per heavy atom. The predicted octanol–water partition coefficient (Wildman–Crippen LogP) is 2.96. The molecule has 0 unspecified atom stereocenters. The molecule has 1 N–H and O–H groups in total. The highest BCUT2D eigenvalue weighted by Gasteiger charge is 2.15. The van der Waals surface area contributed by atoms with Gasteiger partial charge in [0.05, 0.1) is 11.3 Å². The van der Waals surface area contributed by atoms with Crippen molar-refractivity contribution < 1.29 is 9.53 Å². The smallest absolute Gasteiger partial charge is 0.265 e. The average Bonchev–Trinajstić information content (AvgIpc) is 2.48. The molecule has 0 aliphatic rings. The van der Waals surface area contributed by atoms with Crippen molar-refractivity contribution in [1.29, 1.82) is 5.26 Å². The molecule has 0 aliphatic heterocycles. The predicted molar refractivity (Wildman–Crippen MR) is 76.3 cm³/mol. The minimum absolute atomic E-state index is 0.295. The molecule has 0 fully saturated rings. The van der Waals surface area contributed by atoms with Gasteiger partial charge >= 0.3 is 0 Å². The van der Waals surface area contributed by atoms with E-state index in [-0.39, 0.29) is 5.91 Å². The van der Waals surface area contributed by atoms with Crippen LogP contribution < -0.4 is 10.1 Å². The van der Waals surface area contributed by atoms with Crippen LogP contribution in [0.5, 0.6) is 5.75 Å². The van der Waals surface area contributed by atoms with Gasteiger partial charge in [-0.3, -0.25) is 4.79 Å². The van der Waals surface area contributed by atoms with Crippen molar-refractivity contribution in [3.05, 3.63) is 60.2 Å². The van der Waals surface area contributed by atoms with E-state index in [0.717, 1.165) is 0 Å². The summed E-state index contributed by atoms with van der Waals surface area (Å²) in [6, 6.07) is 18.0. The maximum absolute atomic E-state index is 12.0. The van der Waals surface area contributed by atoms with Crippen molar-refractivity contribution in [2.24, 2.45) is 0 Å². The number of hydrogen-bond acceptors (Lipinski definition) is 3. The monoisotopic (exact) mass is 266 g/mol. The molecule has 0 radical (unpaired) electrons. The average molecular weight is 266 g/mol. The third-order valence-electron chi connectivity index (χ3n) is 2.73. The highest BCUT2D eigenvalue weighted by molar-refractivity contribution is 5.95. The van der Waals surface area contributed by atoms with Crippen LogP contribution in [0.25, 0.3) is 0 Å². The Balaban J connectivity index is 2.03. The molecule has 1 amide bonds. The molecule has 1 atom stereocenters. The molecule has 0 spiro atoms. The molecule has 0 saturated heterocycles. The van der Waals surface area contributed by atoms with E-state index in [0.29, 0.717) is 17.0 Å². The SMILES string of the molecule is C[C@H](Oc1ccccc1)C(=O)Nc1ccccc1C#N. The van der Waals surface area contributed by atoms with Gasteiger partial charge in [0, 0.05) is 0 Å². The highest BCUT2D eigenvalue weighted by Crippen LogP contribution is 2.15. The van der Waals surface area contributed by atoms with Crippen LogP contribution in [-0.2, 0) is 4.79 Å². The number of amides is 1. The number of ether oxygens (including phenoxy) is 1. The molecule has 0 aromatic heterocycles. The Labute approximate surface area is 117 Å². The first-order valence-corrected chi connectivity index (χ1v) is 6.22. The minimum atomic E-state index is -0.649. The summed E-state index contributed by atoms with van der Waals surface area (Å²) in [4.78, 5) is 12.0. The lowest BCUT2D eigenvalue weighted by atomic mass is 10.2. The topological polar surface area (TPSA) is 62.1 Å². The molecule has 20 heavy (non-hydrogen) atoms. The van der Waals surface area contributed by atoms with Gasteiger partial charge in [-0.1, -0.05) is 30.3 Å². The van der Waals surface area contributed by atoms with Crippen molar-refractivity contribution in [3.63, 3.8) is 0 Å². The van der Waals surface area contributed by atoms with Gasteiger partial charge in [0.2, 0.25) is 0 Å². The largest absolute Gasteiger partial charge is 0.481 e. The third kappa shape index (κ3) is 3.36. The Hall–Kier alpha value is -2.80. The fourth-order valence-electron chi connectivity index (χ4n) is 1.68. The van der Waals surface area contributed by atoms with Crippen LogP contribution in [0, 0.1) is 11.3 Å². The van der Waals surface area contributed by atoms with E-state index in [1.165, 1.54) is 0 Å². The Morgan fingerprint density at radius 3 is 2.50 bits per heavy atom. The number of benzene rings is 2. The first-order valence-electron chi connectivity index (χ1n) is 6.22. The van der Waals surface area contributed by atoms with Crippen LogP contribution in [0.1, 0.15) is 12.5 Å². The van der Waals surface area contributed by atoms with E-state index in [9.17, 15) is 4.79 Å². The van der Waals surface area contributed by atoms with E-state index in [1.807, 2.05) is 24.3 Å². The van der Waals surface area contributed by atoms with Crippen molar-refractivity contribution >= 4 is 11.6 Å². The van der Waals surface area contributed by atoms with Crippen LogP contribution in [-0.4, -0.2) is 12.0 Å². The highest BCUT2D eigenvalue weighted by atomic mass is 16.5. The number of rotatable bonds is 4. The zero-order valence-corrected chi connectivity index (χ0v) is 11.0. The van der Waals surface area contributed by atoms with Crippen LogP contribution in [0.4, 0.5) is 5.69 Å². The Morgan fingerprint density at radius 2 is 1.80 bits per heavy atom. The number of nitrogens with zero attached hydrogens (tertiary/aromatic N) is 1. The van der Waals surface area contributed by atoms with Crippen LogP contribution in [0.2, 0.25) is 0 Å². The molecule has 4 nitrogen and oxygen atoms in total. The second kappa shape index (κ2) is 6.39. The Bertz CT molecular complexity index is 632. The molecular formula is C16H14N2O2. The summed E-state index contributed by atoms with van der Waals surface area (Å²) in [7, 11) is 0. The number of nitrogens with one attached hydrogen (secondary N) is 1. The number of hydrogen-bond donors (Lipinski definition) is 1. The Kier molecular flexibility index (Phi) is 4.35. The van der Waals surface area contributed by atoms with Crippen molar-refractivity contribution in [2.45, 2.75) is 13.0 Å². The molecule has 0 aliphatic carbocycles. The van der Waals surface area contributed by atoms with Crippen LogP contribution in [0.15, 0.2) is 54.6 Å². The molecule has 4 heteroatoms. The zero-order valence-electron chi connectivity index (χ0n) is 11.0. The standard InChI is InChI=1S/C16H14N2O2/c1-12(20-14-8-3-2-4-9-14)16(19)18-15-10-6-5-7-13(15)11-17/h2-10,12H,1H3,(H,18,19)/t12-/m0/s1. The maximum Gasteiger partial charge on any atom is 0.265 e. The summed E-state index contributed by atoms with van der Waals surface area (Å²) in [6.45, 7) is 1.66. The summed E-state index contributed by atoms with van der Waals surface area (Å²) in [5.74, 6) is 0.334. The lowest BCUT2D eigenvalue weighted by molar-refractivity contribution is -0.122. The zero-order chi connectivity index (χ0) is 14.4. The number of para-hydroxylation sites is 2. The number of anilines is 1. The van der Waals surface area contributed by atoms with Gasteiger partial charge in [0.1, 0.15) is 11.8 Å². The van der Waals surface area contributed by atoms with E-state index in [2.05, 4.69) is 5.32 Å². The van der Waals surface area contributed by atoms with Gasteiger partial charge in [-0.25, -0.2) is 0 Å². The lowest BCUT2D eigenvalue weighted by Crippen LogP contribution is -2.30. The third-order valence-corrected chi connectivity index (χ3v) is 2.73. The van der Waals surface area contributed by atoms with Crippen molar-refractivity contribution in [1.82, 2.24) is 0 Å². The normalized spacial score (nSPS) is 11.2. The molecule has 2 rings (SSSR count). The van der Waals surface area contributed by atoms with E-state index >= 15 is 0 Å². The van der Waals surface area contributed by atoms with Gasteiger partial charge in [-0.05, 0) is 31.2 Å². The van der Waals surface area contributed by atoms with Gasteiger partial charge in [0.15, 0.2) is 6.10 Å². The summed E-state index contributed by atoms with van der Waals surface area (Å²) in [6.07, 6.45) is -0.649.